The number of rotatable bonds is 5. The van der Waals surface area contributed by atoms with E-state index in [2.05, 4.69) is 20.4 Å². The zero-order valence-corrected chi connectivity index (χ0v) is 7.69. The molecule has 0 aromatic carbocycles. The van der Waals surface area contributed by atoms with Gasteiger partial charge in [-0.3, -0.25) is 0 Å². The van der Waals surface area contributed by atoms with Crippen LogP contribution in [0.4, 0.5) is 0 Å². The fourth-order valence-electron chi connectivity index (χ4n) is 0.814. The molecule has 0 amide bonds. The number of alkyl halides is 1. The molecule has 0 aromatic rings. The molecule has 0 fully saturated rings. The topological polar surface area (TPSA) is 0 Å². The van der Waals surface area contributed by atoms with Crippen molar-refractivity contribution in [2.24, 2.45) is 5.92 Å². The first-order valence-corrected chi connectivity index (χ1v) is 4.37. The molecule has 0 saturated heterocycles. The van der Waals surface area contributed by atoms with Gasteiger partial charge in [0.25, 0.3) is 0 Å². The Morgan fingerprint density at radius 1 is 1.50 bits per heavy atom. The van der Waals surface area contributed by atoms with Crippen LogP contribution >= 0.6 is 11.6 Å². The molecule has 0 heterocycles. The van der Waals surface area contributed by atoms with Gasteiger partial charge in [-0.2, -0.15) is 0 Å². The molecule has 0 aliphatic rings. The number of hydrogen-bond acceptors (Lipinski definition) is 0. The molecule has 0 spiro atoms. The van der Waals surface area contributed by atoms with Gasteiger partial charge in [-0.1, -0.05) is 13.0 Å². The predicted octanol–water partition coefficient (Wildman–Crippen LogP) is 3.61. The highest BCUT2D eigenvalue weighted by atomic mass is 35.5. The van der Waals surface area contributed by atoms with Gasteiger partial charge in [0.1, 0.15) is 0 Å². The second-order valence-corrected chi connectivity index (χ2v) is 3.56. The fraction of sp³-hybridized carbons (Fsp3) is 0.778. The summed E-state index contributed by atoms with van der Waals surface area (Å²) in [5, 5.41) is 0.310. The average Bonchev–Trinajstić information content (AvgIpc) is 1.88. The molecule has 0 aliphatic carbocycles. The highest BCUT2D eigenvalue weighted by Gasteiger charge is 2.06. The number of hydrogen-bond donors (Lipinski definition) is 0. The van der Waals surface area contributed by atoms with Gasteiger partial charge in [0.2, 0.25) is 0 Å². The summed E-state index contributed by atoms with van der Waals surface area (Å²) in [6, 6.07) is 0. The molecule has 0 radical (unpaired) electrons. The van der Waals surface area contributed by atoms with Crippen LogP contribution in [0.5, 0.6) is 0 Å². The van der Waals surface area contributed by atoms with E-state index in [1.165, 1.54) is 12.8 Å². The lowest BCUT2D eigenvalue weighted by molar-refractivity contribution is 0.504. The van der Waals surface area contributed by atoms with Crippen molar-refractivity contribution in [3.05, 3.63) is 12.7 Å². The third kappa shape index (κ3) is 4.87. The van der Waals surface area contributed by atoms with Crippen molar-refractivity contribution in [3.8, 4) is 0 Å². The van der Waals surface area contributed by atoms with E-state index in [1.807, 2.05) is 6.08 Å². The van der Waals surface area contributed by atoms with E-state index in [4.69, 9.17) is 11.6 Å². The Balaban J connectivity index is 3.21. The number of unbranched alkanes of at least 4 members (excludes halogenated alkanes) is 1. The molecule has 0 aliphatic heterocycles. The largest absolute Gasteiger partial charge is 0.123 e. The van der Waals surface area contributed by atoms with Gasteiger partial charge in [-0.05, 0) is 32.1 Å². The Morgan fingerprint density at radius 3 is 2.50 bits per heavy atom. The van der Waals surface area contributed by atoms with Crippen LogP contribution in [0.25, 0.3) is 0 Å². The maximum absolute atomic E-state index is 5.88. The number of halogens is 1. The maximum atomic E-state index is 5.88. The van der Waals surface area contributed by atoms with Crippen LogP contribution in [-0.2, 0) is 0 Å². The van der Waals surface area contributed by atoms with E-state index in [-0.39, 0.29) is 0 Å². The van der Waals surface area contributed by atoms with Gasteiger partial charge in [0.05, 0.1) is 0 Å². The molecule has 0 saturated carbocycles. The zero-order valence-electron chi connectivity index (χ0n) is 6.94. The predicted molar refractivity (Wildman–Crippen MR) is 48.5 cm³/mol. The van der Waals surface area contributed by atoms with Crippen molar-refractivity contribution in [2.45, 2.75) is 38.5 Å². The lowest BCUT2D eigenvalue weighted by Crippen LogP contribution is -2.06. The van der Waals surface area contributed by atoms with Crippen LogP contribution in [0.3, 0.4) is 0 Å². The second-order valence-electron chi connectivity index (χ2n) is 2.87. The summed E-state index contributed by atoms with van der Waals surface area (Å²) in [5.74, 6) is 0.640. The van der Waals surface area contributed by atoms with E-state index < -0.39 is 0 Å². The molecule has 10 heavy (non-hydrogen) atoms. The monoisotopic (exact) mass is 160 g/mol. The SMILES string of the molecule is C=CCCCC(C)C(C)Cl. The molecule has 0 N–H and O–H groups in total. The van der Waals surface area contributed by atoms with Gasteiger partial charge in [-0.25, -0.2) is 0 Å². The summed E-state index contributed by atoms with van der Waals surface area (Å²) >= 11 is 5.88. The second kappa shape index (κ2) is 5.79. The molecular weight excluding hydrogens is 144 g/mol. The Morgan fingerprint density at radius 2 is 2.10 bits per heavy atom. The summed E-state index contributed by atoms with van der Waals surface area (Å²) in [5.41, 5.74) is 0. The molecule has 60 valence electrons. The lowest BCUT2D eigenvalue weighted by atomic mass is 10.0. The number of allylic oxidation sites excluding steroid dienone is 1. The Labute approximate surface area is 69.3 Å². The van der Waals surface area contributed by atoms with Crippen molar-refractivity contribution in [1.29, 1.82) is 0 Å². The van der Waals surface area contributed by atoms with Crippen molar-refractivity contribution < 1.29 is 0 Å². The van der Waals surface area contributed by atoms with Crippen LogP contribution in [0.2, 0.25) is 0 Å². The maximum Gasteiger partial charge on any atom is 0.0333 e. The minimum atomic E-state index is 0.310. The van der Waals surface area contributed by atoms with E-state index in [9.17, 15) is 0 Å². The van der Waals surface area contributed by atoms with Crippen LogP contribution in [0, 0.1) is 5.92 Å². The Kier molecular flexibility index (Phi) is 5.81. The summed E-state index contributed by atoms with van der Waals surface area (Å²) in [4.78, 5) is 0. The molecule has 0 aromatic heterocycles. The zero-order chi connectivity index (χ0) is 7.98. The standard InChI is InChI=1S/C9H17Cl/c1-4-5-6-7-8(2)9(3)10/h4,8-9H,1,5-7H2,2-3H3. The average molecular weight is 161 g/mol. The molecule has 1 heteroatoms. The normalized spacial score (nSPS) is 16.3. The van der Waals surface area contributed by atoms with Gasteiger partial charge >= 0.3 is 0 Å². The van der Waals surface area contributed by atoms with Gasteiger partial charge in [-0.15, -0.1) is 18.2 Å². The quantitative estimate of drug-likeness (QED) is 0.328. The first-order chi connectivity index (χ1) is 4.68. The molecule has 0 nitrogen and oxygen atoms in total. The first-order valence-electron chi connectivity index (χ1n) is 3.93. The van der Waals surface area contributed by atoms with Gasteiger partial charge in [0, 0.05) is 5.38 Å². The van der Waals surface area contributed by atoms with E-state index in [1.54, 1.807) is 0 Å². The van der Waals surface area contributed by atoms with E-state index in [0.29, 0.717) is 11.3 Å². The smallest absolute Gasteiger partial charge is 0.0333 e. The molecule has 2 atom stereocenters. The van der Waals surface area contributed by atoms with Crippen LogP contribution in [0.1, 0.15) is 33.1 Å². The van der Waals surface area contributed by atoms with Crippen LogP contribution < -0.4 is 0 Å². The minimum absolute atomic E-state index is 0.310. The summed E-state index contributed by atoms with van der Waals surface area (Å²) in [7, 11) is 0. The van der Waals surface area contributed by atoms with Crippen molar-refractivity contribution in [3.63, 3.8) is 0 Å². The Hall–Kier alpha value is 0.0300. The molecule has 2 unspecified atom stereocenters. The van der Waals surface area contributed by atoms with Crippen molar-refractivity contribution >= 4 is 11.6 Å². The van der Waals surface area contributed by atoms with Crippen LogP contribution in [0.15, 0.2) is 12.7 Å². The van der Waals surface area contributed by atoms with E-state index in [0.717, 1.165) is 6.42 Å². The third-order valence-corrected chi connectivity index (χ3v) is 2.28. The molecule has 0 bridgehead atoms. The highest BCUT2D eigenvalue weighted by Crippen LogP contribution is 2.16. The lowest BCUT2D eigenvalue weighted by Gasteiger charge is -2.11. The van der Waals surface area contributed by atoms with Crippen molar-refractivity contribution in [2.75, 3.05) is 0 Å². The minimum Gasteiger partial charge on any atom is -0.123 e. The van der Waals surface area contributed by atoms with Gasteiger partial charge < -0.3 is 0 Å². The fourth-order valence-corrected chi connectivity index (χ4v) is 0.940. The van der Waals surface area contributed by atoms with Crippen LogP contribution in [-0.4, -0.2) is 5.38 Å². The van der Waals surface area contributed by atoms with Gasteiger partial charge in [0.15, 0.2) is 0 Å². The molecule has 0 rings (SSSR count). The van der Waals surface area contributed by atoms with E-state index >= 15 is 0 Å². The Bertz CT molecular complexity index is 86.7. The highest BCUT2D eigenvalue weighted by molar-refractivity contribution is 6.20. The summed E-state index contributed by atoms with van der Waals surface area (Å²) in [6.07, 6.45) is 5.53. The van der Waals surface area contributed by atoms with Crippen molar-refractivity contribution in [1.82, 2.24) is 0 Å². The summed E-state index contributed by atoms with van der Waals surface area (Å²) in [6.45, 7) is 7.92. The first kappa shape index (κ1) is 10.0. The molecular formula is C9H17Cl. The third-order valence-electron chi connectivity index (χ3n) is 1.85. The summed E-state index contributed by atoms with van der Waals surface area (Å²) < 4.78 is 0.